The Morgan fingerprint density at radius 1 is 1.12 bits per heavy atom. The normalized spacial score (nSPS) is 14.1. The minimum atomic E-state index is 0.272. The zero-order valence-corrected chi connectivity index (χ0v) is 20.0. The molecule has 5 rings (SSSR count). The first-order valence-electron chi connectivity index (χ1n) is 10.8. The third-order valence-electron chi connectivity index (χ3n) is 5.54. The molecule has 166 valence electrons. The summed E-state index contributed by atoms with van der Waals surface area (Å²) in [5.41, 5.74) is 15.5. The van der Waals surface area contributed by atoms with Gasteiger partial charge in [-0.2, -0.15) is 0 Å². The predicted molar refractivity (Wildman–Crippen MR) is 138 cm³/mol. The molecule has 2 aromatic heterocycles. The van der Waals surface area contributed by atoms with E-state index in [1.165, 1.54) is 31.4 Å². The highest BCUT2D eigenvalue weighted by molar-refractivity contribution is 8.03. The molecule has 1 aliphatic heterocycles. The van der Waals surface area contributed by atoms with Crippen LogP contribution in [0, 0.1) is 0 Å². The van der Waals surface area contributed by atoms with E-state index in [-0.39, 0.29) is 5.96 Å². The van der Waals surface area contributed by atoms with Gasteiger partial charge in [-0.25, -0.2) is 9.55 Å². The SMILES string of the molecule is CN1C(=Cc2cc[n+](CCC[NH+]=C(N)N)cc2)Sc2cc(-c3nc4ccccc4s3)ccc21. The molecule has 0 unspecified atom stereocenters. The van der Waals surface area contributed by atoms with Crippen molar-refractivity contribution in [3.63, 3.8) is 0 Å². The molecule has 0 radical (unpaired) electrons. The van der Waals surface area contributed by atoms with Crippen molar-refractivity contribution in [2.75, 3.05) is 18.5 Å². The summed E-state index contributed by atoms with van der Waals surface area (Å²) in [4.78, 5) is 11.3. The molecule has 0 fully saturated rings. The summed E-state index contributed by atoms with van der Waals surface area (Å²) in [5, 5.41) is 2.27. The van der Waals surface area contributed by atoms with Crippen molar-refractivity contribution in [2.45, 2.75) is 17.9 Å². The fourth-order valence-electron chi connectivity index (χ4n) is 3.78. The van der Waals surface area contributed by atoms with E-state index in [0.717, 1.165) is 30.0 Å². The number of pyridine rings is 1. The lowest BCUT2D eigenvalue weighted by molar-refractivity contribution is -0.700. The molecular weight excluding hydrogens is 448 g/mol. The average Bonchev–Trinajstić information content (AvgIpc) is 3.38. The molecule has 0 amide bonds. The van der Waals surface area contributed by atoms with Crippen molar-refractivity contribution in [3.8, 4) is 10.6 Å². The molecule has 2 aromatic carbocycles. The minimum Gasteiger partial charge on any atom is -0.338 e. The third-order valence-corrected chi connectivity index (χ3v) is 7.77. The lowest BCUT2D eigenvalue weighted by Crippen LogP contribution is -2.78. The van der Waals surface area contributed by atoms with E-state index in [9.17, 15) is 0 Å². The Balaban J connectivity index is 1.31. The second kappa shape index (κ2) is 9.25. The largest absolute Gasteiger partial charge is 0.338 e. The van der Waals surface area contributed by atoms with Gasteiger partial charge in [-0.05, 0) is 42.0 Å². The van der Waals surface area contributed by atoms with E-state index >= 15 is 0 Å². The molecule has 8 heteroatoms. The van der Waals surface area contributed by atoms with Crippen LogP contribution in [0.3, 0.4) is 0 Å². The van der Waals surface area contributed by atoms with Gasteiger partial charge in [-0.3, -0.25) is 16.5 Å². The fraction of sp³-hybridized carbons (Fsp3) is 0.160. The number of para-hydroxylation sites is 1. The number of thiazole rings is 1. The summed E-state index contributed by atoms with van der Waals surface area (Å²) in [7, 11) is 2.12. The van der Waals surface area contributed by atoms with E-state index < -0.39 is 0 Å². The number of aromatic nitrogens is 2. The highest BCUT2D eigenvalue weighted by Gasteiger charge is 2.23. The Morgan fingerprint density at radius 2 is 1.94 bits per heavy atom. The average molecular weight is 475 g/mol. The molecule has 3 heterocycles. The highest BCUT2D eigenvalue weighted by atomic mass is 32.2. The van der Waals surface area contributed by atoms with Crippen molar-refractivity contribution in [3.05, 3.63) is 77.6 Å². The molecule has 5 N–H and O–H groups in total. The van der Waals surface area contributed by atoms with Crippen molar-refractivity contribution in [1.29, 1.82) is 0 Å². The van der Waals surface area contributed by atoms with Gasteiger partial charge in [0.25, 0.3) is 0 Å². The smallest absolute Gasteiger partial charge is 0.338 e. The van der Waals surface area contributed by atoms with Crippen LogP contribution in [0.1, 0.15) is 12.0 Å². The Kier molecular flexibility index (Phi) is 6.02. The lowest BCUT2D eigenvalue weighted by Gasteiger charge is -2.13. The second-order valence-electron chi connectivity index (χ2n) is 7.92. The number of hydrogen-bond donors (Lipinski definition) is 3. The number of thioether (sulfide) groups is 1. The maximum Gasteiger partial charge on any atom is 0.338 e. The van der Waals surface area contributed by atoms with Crippen LogP contribution in [0.25, 0.3) is 26.9 Å². The number of aryl methyl sites for hydroxylation is 1. The van der Waals surface area contributed by atoms with Crippen molar-refractivity contribution in [2.24, 2.45) is 11.5 Å². The lowest BCUT2D eigenvalue weighted by atomic mass is 10.2. The second-order valence-corrected chi connectivity index (χ2v) is 10.0. The molecule has 0 bridgehead atoms. The maximum atomic E-state index is 5.43. The number of anilines is 1. The molecule has 33 heavy (non-hydrogen) atoms. The summed E-state index contributed by atoms with van der Waals surface area (Å²) in [5.74, 6) is 0.272. The summed E-state index contributed by atoms with van der Waals surface area (Å²) in [6.07, 6.45) is 7.41. The van der Waals surface area contributed by atoms with Crippen LogP contribution < -0.4 is 25.9 Å². The van der Waals surface area contributed by atoms with E-state index in [2.05, 4.69) is 88.5 Å². The van der Waals surface area contributed by atoms with E-state index in [1.807, 2.05) is 6.07 Å². The Bertz CT molecular complexity index is 1320. The highest BCUT2D eigenvalue weighted by Crippen LogP contribution is 2.47. The van der Waals surface area contributed by atoms with Crippen LogP contribution in [-0.2, 0) is 6.54 Å². The topological polar surface area (TPSA) is 86.0 Å². The first-order chi connectivity index (χ1) is 16.1. The number of rotatable bonds is 6. The Morgan fingerprint density at radius 3 is 2.73 bits per heavy atom. The van der Waals surface area contributed by atoms with Crippen LogP contribution in [0.2, 0.25) is 0 Å². The zero-order valence-electron chi connectivity index (χ0n) is 18.4. The van der Waals surface area contributed by atoms with Crippen LogP contribution in [-0.4, -0.2) is 24.5 Å². The number of fused-ring (bicyclic) bond motifs is 2. The minimum absolute atomic E-state index is 0.272. The van der Waals surface area contributed by atoms with Gasteiger partial charge in [0.05, 0.1) is 27.5 Å². The molecule has 0 saturated heterocycles. The van der Waals surface area contributed by atoms with E-state index in [4.69, 9.17) is 16.5 Å². The number of benzene rings is 2. The van der Waals surface area contributed by atoms with Gasteiger partial charge in [0, 0.05) is 36.1 Å². The van der Waals surface area contributed by atoms with Crippen LogP contribution in [0.4, 0.5) is 5.69 Å². The monoisotopic (exact) mass is 474 g/mol. The predicted octanol–water partition coefficient (Wildman–Crippen LogP) is 2.54. The van der Waals surface area contributed by atoms with Crippen molar-refractivity contribution >= 4 is 51.0 Å². The molecule has 4 aromatic rings. The maximum absolute atomic E-state index is 5.43. The van der Waals surface area contributed by atoms with Crippen molar-refractivity contribution < 1.29 is 9.56 Å². The van der Waals surface area contributed by atoms with E-state index in [1.54, 1.807) is 23.1 Å². The summed E-state index contributed by atoms with van der Waals surface area (Å²) >= 11 is 3.54. The molecule has 0 aliphatic carbocycles. The Labute approximate surface area is 201 Å². The van der Waals surface area contributed by atoms with Gasteiger partial charge in [0.2, 0.25) is 0 Å². The number of nitrogens with two attached hydrogens (primary N) is 2. The first-order valence-corrected chi connectivity index (χ1v) is 12.4. The number of nitrogens with zero attached hydrogens (tertiary/aromatic N) is 3. The summed E-state index contributed by atoms with van der Waals surface area (Å²) in [6, 6.07) is 19.2. The molecule has 1 aliphatic rings. The van der Waals surface area contributed by atoms with E-state index in [0.29, 0.717) is 0 Å². The first kappa shape index (κ1) is 21.5. The fourth-order valence-corrected chi connectivity index (χ4v) is 5.89. The van der Waals surface area contributed by atoms with Gasteiger partial charge in [-0.15, -0.1) is 11.3 Å². The number of hydrogen-bond acceptors (Lipinski definition) is 4. The van der Waals surface area contributed by atoms with Gasteiger partial charge in [0.15, 0.2) is 18.9 Å². The van der Waals surface area contributed by atoms with Gasteiger partial charge >= 0.3 is 5.96 Å². The summed E-state index contributed by atoms with van der Waals surface area (Å²) < 4.78 is 3.39. The van der Waals surface area contributed by atoms with Crippen LogP contribution in [0.5, 0.6) is 0 Å². The Hall–Kier alpha value is -3.36. The third kappa shape index (κ3) is 4.72. The number of guanidine groups is 1. The molecular formula is C25H26N6S2+2. The van der Waals surface area contributed by atoms with Crippen molar-refractivity contribution in [1.82, 2.24) is 4.98 Å². The standard InChI is InChI=1S/C25H25N6S2/c1-30-20-8-7-18(24-29-19-5-2-3-6-21(19)33-24)16-22(20)32-23(30)15-17-9-13-31(14-10-17)12-4-11-28-25(26)27/h2-3,5-10,13-16H,4,11-12H2,1H3,(H4,26,27,28)/q+1/p+1. The van der Waals surface area contributed by atoms with Crippen LogP contribution >= 0.6 is 23.1 Å². The quantitative estimate of drug-likeness (QED) is 0.173. The van der Waals surface area contributed by atoms with Crippen LogP contribution in [0.15, 0.2) is 76.9 Å². The summed E-state index contributed by atoms with van der Waals surface area (Å²) in [6.45, 7) is 1.67. The van der Waals surface area contributed by atoms with Gasteiger partial charge in [0.1, 0.15) is 5.01 Å². The molecule has 0 atom stereocenters. The molecule has 6 nitrogen and oxygen atoms in total. The van der Waals surface area contributed by atoms with Gasteiger partial charge < -0.3 is 4.90 Å². The molecule has 0 spiro atoms. The molecule has 0 saturated carbocycles. The number of nitrogens with one attached hydrogen (secondary N) is 1. The zero-order chi connectivity index (χ0) is 22.8. The van der Waals surface area contributed by atoms with Gasteiger partial charge in [-0.1, -0.05) is 23.9 Å².